The molecule has 3 aliphatic heterocycles. The minimum Gasteiger partial charge on any atom is -0.489 e. The number of nitrogens with one attached hydrogen (secondary N) is 1. The molecular formula is C20H22N4O3. The van der Waals surface area contributed by atoms with E-state index in [1.807, 2.05) is 13.0 Å². The summed E-state index contributed by atoms with van der Waals surface area (Å²) >= 11 is 0. The number of carbonyl (C=O) groups is 1. The molecule has 0 spiro atoms. The summed E-state index contributed by atoms with van der Waals surface area (Å²) in [7, 11) is 0. The molecule has 0 radical (unpaired) electrons. The molecule has 27 heavy (non-hydrogen) atoms. The minimum absolute atomic E-state index is 0.0207. The third-order valence-electron chi connectivity index (χ3n) is 5.48. The maximum Gasteiger partial charge on any atom is 0.253 e. The van der Waals surface area contributed by atoms with Crippen molar-refractivity contribution in [2.75, 3.05) is 24.6 Å². The van der Waals surface area contributed by atoms with Gasteiger partial charge in [-0.2, -0.15) is 0 Å². The summed E-state index contributed by atoms with van der Waals surface area (Å²) in [5, 5.41) is 2.84. The number of hydrogen-bond donors (Lipinski definition) is 1. The maximum absolute atomic E-state index is 11.8. The van der Waals surface area contributed by atoms with Crippen LogP contribution in [-0.2, 0) is 13.0 Å². The van der Waals surface area contributed by atoms with E-state index in [2.05, 4.69) is 21.3 Å². The zero-order valence-corrected chi connectivity index (χ0v) is 15.3. The third-order valence-corrected chi connectivity index (χ3v) is 5.48. The number of nitrogens with zero attached hydrogens (tertiary/aromatic N) is 3. The van der Waals surface area contributed by atoms with Crippen LogP contribution >= 0.6 is 0 Å². The summed E-state index contributed by atoms with van der Waals surface area (Å²) in [5.41, 5.74) is 3.74. The Bertz CT molecular complexity index is 906. The number of anilines is 1. The van der Waals surface area contributed by atoms with Crippen LogP contribution in [-0.4, -0.2) is 41.7 Å². The number of piperidine rings is 1. The Balaban J connectivity index is 1.25. The van der Waals surface area contributed by atoms with Crippen molar-refractivity contribution in [1.29, 1.82) is 0 Å². The summed E-state index contributed by atoms with van der Waals surface area (Å²) in [6, 6.07) is 4.01. The molecule has 0 bridgehead atoms. The van der Waals surface area contributed by atoms with Gasteiger partial charge in [-0.15, -0.1) is 0 Å². The first-order valence-corrected chi connectivity index (χ1v) is 9.49. The van der Waals surface area contributed by atoms with E-state index in [1.54, 1.807) is 6.20 Å². The molecule has 7 nitrogen and oxygen atoms in total. The lowest BCUT2D eigenvalue weighted by atomic mass is 10.1. The van der Waals surface area contributed by atoms with Gasteiger partial charge in [0.05, 0.1) is 30.6 Å². The van der Waals surface area contributed by atoms with Crippen molar-refractivity contribution in [3.63, 3.8) is 0 Å². The lowest BCUT2D eigenvalue weighted by Crippen LogP contribution is -2.39. The van der Waals surface area contributed by atoms with Crippen LogP contribution in [0.3, 0.4) is 0 Å². The Morgan fingerprint density at radius 2 is 2.15 bits per heavy atom. The molecule has 0 unspecified atom stereocenters. The Labute approximate surface area is 157 Å². The second-order valence-electron chi connectivity index (χ2n) is 7.34. The highest BCUT2D eigenvalue weighted by atomic mass is 16.5. The maximum atomic E-state index is 11.8. The molecule has 1 N–H and O–H groups in total. The van der Waals surface area contributed by atoms with Crippen molar-refractivity contribution in [3.05, 3.63) is 40.7 Å². The molecule has 1 fully saturated rings. The topological polar surface area (TPSA) is 76.6 Å². The van der Waals surface area contributed by atoms with Gasteiger partial charge in [0.2, 0.25) is 5.88 Å². The molecule has 5 heterocycles. The fraction of sp³-hybridized carbons (Fsp3) is 0.450. The van der Waals surface area contributed by atoms with Crippen LogP contribution < -0.4 is 19.7 Å². The molecule has 0 aliphatic carbocycles. The summed E-state index contributed by atoms with van der Waals surface area (Å²) < 4.78 is 11.6. The van der Waals surface area contributed by atoms with Crippen molar-refractivity contribution < 1.29 is 14.3 Å². The SMILES string of the molecule is Cc1cc2c(nc1N1CCC(Oc3cnc4c(c3)CCO4)CC1)CNC2=O. The molecule has 5 rings (SSSR count). The average Bonchev–Trinajstić information content (AvgIpc) is 3.28. The van der Waals surface area contributed by atoms with Crippen LogP contribution in [0.15, 0.2) is 18.3 Å². The van der Waals surface area contributed by atoms with Crippen LogP contribution in [0, 0.1) is 6.92 Å². The predicted molar refractivity (Wildman–Crippen MR) is 99.4 cm³/mol. The second-order valence-corrected chi connectivity index (χ2v) is 7.34. The first kappa shape index (κ1) is 16.4. The monoisotopic (exact) mass is 366 g/mol. The second kappa shape index (κ2) is 6.40. The van der Waals surface area contributed by atoms with Gasteiger partial charge < -0.3 is 19.7 Å². The van der Waals surface area contributed by atoms with Crippen molar-refractivity contribution in [2.24, 2.45) is 0 Å². The van der Waals surface area contributed by atoms with Crippen molar-refractivity contribution >= 4 is 11.7 Å². The molecule has 0 atom stereocenters. The normalized spacial score (nSPS) is 18.7. The smallest absolute Gasteiger partial charge is 0.253 e. The van der Waals surface area contributed by atoms with Crippen LogP contribution in [0.25, 0.3) is 0 Å². The van der Waals surface area contributed by atoms with Gasteiger partial charge in [0.1, 0.15) is 17.7 Å². The van der Waals surface area contributed by atoms with E-state index >= 15 is 0 Å². The highest BCUT2D eigenvalue weighted by Crippen LogP contribution is 2.29. The number of aryl methyl sites for hydroxylation is 1. The molecule has 3 aliphatic rings. The van der Waals surface area contributed by atoms with E-state index in [4.69, 9.17) is 14.5 Å². The van der Waals surface area contributed by atoms with Gasteiger partial charge in [0.15, 0.2) is 0 Å². The predicted octanol–water partition coefficient (Wildman–Crippen LogP) is 2.01. The summed E-state index contributed by atoms with van der Waals surface area (Å²) in [5.74, 6) is 2.53. The van der Waals surface area contributed by atoms with Crippen molar-refractivity contribution in [3.8, 4) is 11.6 Å². The fourth-order valence-electron chi connectivity index (χ4n) is 4.04. The van der Waals surface area contributed by atoms with Gasteiger partial charge in [-0.1, -0.05) is 0 Å². The van der Waals surface area contributed by atoms with E-state index in [1.165, 1.54) is 0 Å². The molecule has 140 valence electrons. The molecule has 1 amide bonds. The number of carbonyl (C=O) groups excluding carboxylic acids is 1. The number of ether oxygens (including phenoxy) is 2. The largest absolute Gasteiger partial charge is 0.489 e. The molecule has 0 saturated carbocycles. The molecule has 0 aromatic carbocycles. The highest BCUT2D eigenvalue weighted by Gasteiger charge is 2.27. The van der Waals surface area contributed by atoms with E-state index < -0.39 is 0 Å². The van der Waals surface area contributed by atoms with Gasteiger partial charge in [0.25, 0.3) is 5.91 Å². The van der Waals surface area contributed by atoms with Gasteiger partial charge in [-0.3, -0.25) is 4.79 Å². The van der Waals surface area contributed by atoms with Gasteiger partial charge in [-0.05, 0) is 24.6 Å². The van der Waals surface area contributed by atoms with Crippen molar-refractivity contribution in [2.45, 2.75) is 38.8 Å². The Kier molecular flexibility index (Phi) is 3.88. The quantitative estimate of drug-likeness (QED) is 0.896. The Morgan fingerprint density at radius 1 is 1.30 bits per heavy atom. The van der Waals surface area contributed by atoms with Crippen molar-refractivity contribution in [1.82, 2.24) is 15.3 Å². The number of fused-ring (bicyclic) bond motifs is 2. The number of aromatic nitrogens is 2. The zero-order valence-electron chi connectivity index (χ0n) is 15.3. The van der Waals surface area contributed by atoms with Crippen LogP contribution in [0.2, 0.25) is 0 Å². The lowest BCUT2D eigenvalue weighted by molar-refractivity contribution is 0.0965. The fourth-order valence-corrected chi connectivity index (χ4v) is 4.04. The Morgan fingerprint density at radius 3 is 3.00 bits per heavy atom. The first-order valence-electron chi connectivity index (χ1n) is 9.49. The number of rotatable bonds is 3. The molecule has 1 saturated heterocycles. The van der Waals surface area contributed by atoms with E-state index in [0.29, 0.717) is 18.7 Å². The summed E-state index contributed by atoms with van der Waals surface area (Å²) in [6.07, 6.45) is 4.71. The van der Waals surface area contributed by atoms with E-state index in [9.17, 15) is 4.79 Å². The number of amides is 1. The van der Waals surface area contributed by atoms with Gasteiger partial charge in [-0.25, -0.2) is 9.97 Å². The molecule has 2 aromatic rings. The van der Waals surface area contributed by atoms with Crippen LogP contribution in [0.5, 0.6) is 11.6 Å². The first-order chi connectivity index (χ1) is 13.2. The molecular weight excluding hydrogens is 344 g/mol. The average molecular weight is 366 g/mol. The highest BCUT2D eigenvalue weighted by molar-refractivity contribution is 5.98. The molecule has 7 heteroatoms. The molecule has 2 aromatic heterocycles. The Hall–Kier alpha value is -2.83. The minimum atomic E-state index is -0.0207. The third kappa shape index (κ3) is 2.97. The van der Waals surface area contributed by atoms with Crippen LogP contribution in [0.4, 0.5) is 5.82 Å². The van der Waals surface area contributed by atoms with Gasteiger partial charge >= 0.3 is 0 Å². The van der Waals surface area contributed by atoms with E-state index in [-0.39, 0.29) is 12.0 Å². The van der Waals surface area contributed by atoms with E-state index in [0.717, 1.165) is 66.6 Å². The van der Waals surface area contributed by atoms with Crippen LogP contribution in [0.1, 0.15) is 40.0 Å². The number of hydrogen-bond acceptors (Lipinski definition) is 6. The number of pyridine rings is 2. The zero-order chi connectivity index (χ0) is 18.4. The summed E-state index contributed by atoms with van der Waals surface area (Å²) in [6.45, 7) is 5.03. The summed E-state index contributed by atoms with van der Waals surface area (Å²) in [4.78, 5) is 23.2. The lowest BCUT2D eigenvalue weighted by Gasteiger charge is -2.34. The van der Waals surface area contributed by atoms with Gasteiger partial charge in [0, 0.05) is 37.9 Å². The standard InChI is InChI=1S/C20H22N4O3/c1-12-8-16-17(11-21-19(16)25)23-18(12)24-5-2-14(3-6-24)27-15-9-13-4-7-26-20(13)22-10-15/h8-10,14H,2-7,11H2,1H3,(H,21,25).